The topological polar surface area (TPSA) is 0 Å². The second kappa shape index (κ2) is 12.8. The average Bonchev–Trinajstić information content (AvgIpc) is 3.34. The molecular weight excluding hydrogens is 336 g/mol. The minimum absolute atomic E-state index is 0.483. The highest BCUT2D eigenvalue weighted by molar-refractivity contribution is 5.35. The fourth-order valence-corrected chi connectivity index (χ4v) is 4.92. The van der Waals surface area contributed by atoms with Gasteiger partial charge in [-0.25, -0.2) is 0 Å². The van der Waals surface area contributed by atoms with E-state index in [1.54, 1.807) is 5.57 Å². The number of hydrogen-bond donors (Lipinski definition) is 0. The maximum atomic E-state index is 3.65. The minimum Gasteiger partial charge on any atom is -0.0993 e. The van der Waals surface area contributed by atoms with Gasteiger partial charge in [0.25, 0.3) is 0 Å². The molecule has 0 radical (unpaired) electrons. The Morgan fingerprint density at radius 3 is 2.36 bits per heavy atom. The highest BCUT2D eigenvalue weighted by atomic mass is 14.3. The summed E-state index contributed by atoms with van der Waals surface area (Å²) in [5, 5.41) is 0. The first kappa shape index (κ1) is 25.3. The Morgan fingerprint density at radius 2 is 1.79 bits per heavy atom. The predicted molar refractivity (Wildman–Crippen MR) is 127 cm³/mol. The molecule has 0 aromatic heterocycles. The Hall–Kier alpha value is -0.700. The highest BCUT2D eigenvalue weighted by Crippen LogP contribution is 2.39. The van der Waals surface area contributed by atoms with Gasteiger partial charge in [0.1, 0.15) is 0 Å². The van der Waals surface area contributed by atoms with E-state index in [0.29, 0.717) is 17.3 Å². The summed E-state index contributed by atoms with van der Waals surface area (Å²) in [6.07, 6.45) is 15.6. The summed E-state index contributed by atoms with van der Waals surface area (Å²) in [4.78, 5) is 0. The highest BCUT2D eigenvalue weighted by Gasteiger charge is 2.28. The summed E-state index contributed by atoms with van der Waals surface area (Å²) in [6.45, 7) is 18.9. The van der Waals surface area contributed by atoms with E-state index in [2.05, 4.69) is 73.3 Å². The Kier molecular flexibility index (Phi) is 11.6. The molecule has 1 saturated carbocycles. The lowest BCUT2D eigenvalue weighted by molar-refractivity contribution is 0.253. The van der Waals surface area contributed by atoms with Crippen LogP contribution in [-0.4, -0.2) is 0 Å². The van der Waals surface area contributed by atoms with Crippen LogP contribution in [0.2, 0.25) is 0 Å². The molecule has 1 fully saturated rings. The molecule has 28 heavy (non-hydrogen) atoms. The SMILES string of the molecule is CCCC(C)CC(C=C1CC1C#CC(CC)CCCC(C)(C)CC(C)C)CC. The van der Waals surface area contributed by atoms with E-state index in [1.165, 1.54) is 64.2 Å². The summed E-state index contributed by atoms with van der Waals surface area (Å²) in [7, 11) is 0. The van der Waals surface area contributed by atoms with Gasteiger partial charge in [0.05, 0.1) is 0 Å². The fourth-order valence-electron chi connectivity index (χ4n) is 4.92. The van der Waals surface area contributed by atoms with Crippen molar-refractivity contribution < 1.29 is 0 Å². The van der Waals surface area contributed by atoms with E-state index < -0.39 is 0 Å². The second-order valence-corrected chi connectivity index (χ2v) is 10.8. The Bertz CT molecular complexity index is 510. The van der Waals surface area contributed by atoms with Crippen molar-refractivity contribution in [1.82, 2.24) is 0 Å². The lowest BCUT2D eigenvalue weighted by atomic mass is 9.79. The molecule has 0 saturated heterocycles. The molecule has 0 aliphatic heterocycles. The van der Waals surface area contributed by atoms with Gasteiger partial charge < -0.3 is 0 Å². The first-order chi connectivity index (χ1) is 13.2. The summed E-state index contributed by atoms with van der Waals surface area (Å²) < 4.78 is 0. The third kappa shape index (κ3) is 10.7. The molecule has 4 unspecified atom stereocenters. The van der Waals surface area contributed by atoms with Crippen LogP contribution in [0.3, 0.4) is 0 Å². The normalized spacial score (nSPS) is 21.3. The Morgan fingerprint density at radius 1 is 1.07 bits per heavy atom. The van der Waals surface area contributed by atoms with Crippen LogP contribution in [-0.2, 0) is 0 Å². The molecule has 4 atom stereocenters. The van der Waals surface area contributed by atoms with E-state index in [4.69, 9.17) is 0 Å². The summed E-state index contributed by atoms with van der Waals surface area (Å²) in [6, 6.07) is 0. The van der Waals surface area contributed by atoms with Gasteiger partial charge in [-0.3, -0.25) is 0 Å². The zero-order valence-corrected chi connectivity index (χ0v) is 20.5. The maximum Gasteiger partial charge on any atom is 0.0450 e. The Labute approximate surface area is 178 Å². The molecular formula is C28H50. The zero-order chi connectivity index (χ0) is 21.2. The van der Waals surface area contributed by atoms with Crippen molar-refractivity contribution in [3.63, 3.8) is 0 Å². The summed E-state index contributed by atoms with van der Waals surface area (Å²) >= 11 is 0. The maximum absolute atomic E-state index is 3.65. The van der Waals surface area contributed by atoms with Crippen molar-refractivity contribution in [2.45, 2.75) is 120 Å². The predicted octanol–water partition coefficient (Wildman–Crippen LogP) is 9.06. The van der Waals surface area contributed by atoms with Crippen LogP contribution in [0.1, 0.15) is 120 Å². The molecule has 0 spiro atoms. The van der Waals surface area contributed by atoms with Crippen molar-refractivity contribution in [1.29, 1.82) is 0 Å². The molecule has 0 N–H and O–H groups in total. The van der Waals surface area contributed by atoms with Crippen LogP contribution in [0.15, 0.2) is 11.6 Å². The van der Waals surface area contributed by atoms with Gasteiger partial charge in [0, 0.05) is 11.8 Å². The first-order valence-corrected chi connectivity index (χ1v) is 12.4. The largest absolute Gasteiger partial charge is 0.0993 e. The second-order valence-electron chi connectivity index (χ2n) is 10.8. The van der Waals surface area contributed by atoms with Gasteiger partial charge >= 0.3 is 0 Å². The van der Waals surface area contributed by atoms with Gasteiger partial charge in [-0.05, 0) is 68.1 Å². The van der Waals surface area contributed by atoms with Crippen molar-refractivity contribution in [3.8, 4) is 11.8 Å². The molecule has 0 heteroatoms. The van der Waals surface area contributed by atoms with Gasteiger partial charge in [0.15, 0.2) is 0 Å². The monoisotopic (exact) mass is 386 g/mol. The van der Waals surface area contributed by atoms with E-state index >= 15 is 0 Å². The van der Waals surface area contributed by atoms with E-state index in [0.717, 1.165) is 17.8 Å². The summed E-state index contributed by atoms with van der Waals surface area (Å²) in [5.41, 5.74) is 2.12. The minimum atomic E-state index is 0.483. The number of allylic oxidation sites excluding steroid dienone is 2. The molecule has 1 rings (SSSR count). The van der Waals surface area contributed by atoms with Crippen molar-refractivity contribution in [2.75, 3.05) is 0 Å². The van der Waals surface area contributed by atoms with Crippen LogP contribution in [0, 0.1) is 46.8 Å². The lowest BCUT2D eigenvalue weighted by Gasteiger charge is -2.27. The molecule has 0 heterocycles. The molecule has 0 nitrogen and oxygen atoms in total. The third-order valence-corrected chi connectivity index (χ3v) is 6.51. The van der Waals surface area contributed by atoms with Crippen LogP contribution in [0.4, 0.5) is 0 Å². The number of hydrogen-bond acceptors (Lipinski definition) is 0. The van der Waals surface area contributed by atoms with Crippen LogP contribution < -0.4 is 0 Å². The average molecular weight is 387 g/mol. The zero-order valence-electron chi connectivity index (χ0n) is 20.5. The van der Waals surface area contributed by atoms with Crippen LogP contribution in [0.5, 0.6) is 0 Å². The van der Waals surface area contributed by atoms with Gasteiger partial charge in [-0.15, -0.1) is 0 Å². The molecule has 1 aliphatic rings. The first-order valence-electron chi connectivity index (χ1n) is 12.4. The van der Waals surface area contributed by atoms with Crippen molar-refractivity contribution in [2.24, 2.45) is 35.0 Å². The Balaban J connectivity index is 2.45. The molecule has 1 aliphatic carbocycles. The van der Waals surface area contributed by atoms with E-state index in [-0.39, 0.29) is 0 Å². The van der Waals surface area contributed by atoms with Crippen molar-refractivity contribution in [3.05, 3.63) is 11.6 Å². The van der Waals surface area contributed by atoms with Gasteiger partial charge in [-0.2, -0.15) is 0 Å². The molecule has 0 aromatic rings. The summed E-state index contributed by atoms with van der Waals surface area (Å²) in [5.74, 6) is 10.9. The van der Waals surface area contributed by atoms with E-state index in [9.17, 15) is 0 Å². The standard InChI is InChI=1S/C28H50/c1-9-13-23(6)18-25(11-3)19-27-20-26(27)16-15-24(10-2)14-12-17-28(7,8)21-22(4)5/h19,22-26H,9-14,17-18,20-21H2,1-8H3. The lowest BCUT2D eigenvalue weighted by Crippen LogP contribution is -2.14. The van der Waals surface area contributed by atoms with Gasteiger partial charge in [-0.1, -0.05) is 98.1 Å². The van der Waals surface area contributed by atoms with Crippen molar-refractivity contribution >= 4 is 0 Å². The molecule has 0 amide bonds. The van der Waals surface area contributed by atoms with E-state index in [1.807, 2.05) is 0 Å². The quantitative estimate of drug-likeness (QED) is 0.219. The van der Waals surface area contributed by atoms with Crippen LogP contribution in [0.25, 0.3) is 0 Å². The third-order valence-electron chi connectivity index (χ3n) is 6.51. The molecule has 0 bridgehead atoms. The molecule has 0 aromatic carbocycles. The van der Waals surface area contributed by atoms with Crippen LogP contribution >= 0.6 is 0 Å². The molecule has 162 valence electrons. The fraction of sp³-hybridized carbons (Fsp3) is 0.857. The number of rotatable bonds is 13. The van der Waals surface area contributed by atoms with Gasteiger partial charge in [0.2, 0.25) is 0 Å². The smallest absolute Gasteiger partial charge is 0.0450 e.